The van der Waals surface area contributed by atoms with Crippen LogP contribution in [0.15, 0.2) is 54.2 Å². The van der Waals surface area contributed by atoms with E-state index in [1.807, 2.05) is 30.3 Å². The highest BCUT2D eigenvalue weighted by Gasteiger charge is 2.39. The van der Waals surface area contributed by atoms with Crippen molar-refractivity contribution in [2.45, 2.75) is 38.7 Å². The van der Waals surface area contributed by atoms with Gasteiger partial charge in [0.15, 0.2) is 17.5 Å². The van der Waals surface area contributed by atoms with Crippen LogP contribution in [0.1, 0.15) is 35.7 Å². The number of rotatable bonds is 6. The Hall–Kier alpha value is -3.83. The minimum absolute atomic E-state index is 0.0193. The summed E-state index contributed by atoms with van der Waals surface area (Å²) < 4.78 is 81.7. The van der Waals surface area contributed by atoms with Gasteiger partial charge in [0.2, 0.25) is 11.7 Å². The van der Waals surface area contributed by atoms with Gasteiger partial charge in [0, 0.05) is 43.4 Å². The van der Waals surface area contributed by atoms with Gasteiger partial charge in [-0.2, -0.15) is 13.2 Å². The molecule has 1 aliphatic rings. The van der Waals surface area contributed by atoms with Gasteiger partial charge in [-0.05, 0) is 24.1 Å². The molecule has 36 heavy (non-hydrogen) atoms. The van der Waals surface area contributed by atoms with Gasteiger partial charge in [0.25, 0.3) is 0 Å². The molecule has 0 spiro atoms. The van der Waals surface area contributed by atoms with Crippen LogP contribution in [-0.4, -0.2) is 32.1 Å². The molecule has 0 saturated heterocycles. The lowest BCUT2D eigenvalue weighted by atomic mass is 10.0. The molecule has 2 aromatic carbocycles. The highest BCUT2D eigenvalue weighted by molar-refractivity contribution is 5.88. The smallest absolute Gasteiger partial charge is 0.381 e. The quantitative estimate of drug-likeness (QED) is 0.301. The Kier molecular flexibility index (Phi) is 7.04. The number of allylic oxidation sites excluding steroid dienone is 1. The lowest BCUT2D eigenvalue weighted by molar-refractivity contribution is -0.148. The molecular weight excluding hydrogens is 488 g/mol. The summed E-state index contributed by atoms with van der Waals surface area (Å²) >= 11 is 0. The van der Waals surface area contributed by atoms with Gasteiger partial charge >= 0.3 is 6.18 Å². The molecule has 0 bridgehead atoms. The lowest BCUT2D eigenvalue weighted by Crippen LogP contribution is -2.39. The molecule has 1 aliphatic heterocycles. The van der Waals surface area contributed by atoms with E-state index in [1.165, 1.54) is 11.0 Å². The zero-order valence-corrected chi connectivity index (χ0v) is 19.0. The summed E-state index contributed by atoms with van der Waals surface area (Å²) in [5.74, 6) is -5.26. The fraction of sp³-hybridized carbons (Fsp3) is 0.292. The van der Waals surface area contributed by atoms with Crippen LogP contribution in [0.25, 0.3) is 0 Å². The van der Waals surface area contributed by atoms with Gasteiger partial charge in [-0.25, -0.2) is 13.2 Å². The third-order valence-corrected chi connectivity index (χ3v) is 5.79. The molecule has 12 heteroatoms. The first kappa shape index (κ1) is 25.3. The summed E-state index contributed by atoms with van der Waals surface area (Å²) in [6.45, 7) is 1.40. The maximum absolute atomic E-state index is 14.3. The van der Waals surface area contributed by atoms with Crippen molar-refractivity contribution in [3.63, 3.8) is 0 Å². The number of hydrogen-bond acceptors (Lipinski definition) is 4. The van der Waals surface area contributed by atoms with E-state index < -0.39 is 35.4 Å². The van der Waals surface area contributed by atoms with Crippen LogP contribution in [-0.2, 0) is 30.5 Å². The highest BCUT2D eigenvalue weighted by Crippen LogP contribution is 2.29. The van der Waals surface area contributed by atoms with Gasteiger partial charge in [-0.3, -0.25) is 4.79 Å². The molecule has 1 amide bonds. The van der Waals surface area contributed by atoms with Crippen molar-refractivity contribution in [1.29, 1.82) is 0 Å². The molecule has 6 nitrogen and oxygen atoms in total. The predicted molar refractivity (Wildman–Crippen MR) is 117 cm³/mol. The number of benzene rings is 2. The molecule has 0 radical (unpaired) electrons. The van der Waals surface area contributed by atoms with Crippen LogP contribution >= 0.6 is 0 Å². The molecule has 0 saturated carbocycles. The number of aromatic nitrogens is 3. The summed E-state index contributed by atoms with van der Waals surface area (Å²) in [5, 5.41) is 9.85. The van der Waals surface area contributed by atoms with E-state index in [0.717, 1.165) is 16.2 Å². The van der Waals surface area contributed by atoms with Gasteiger partial charge in [-0.1, -0.05) is 30.3 Å². The number of carbonyl (C=O) groups is 1. The molecule has 1 aromatic heterocycles. The van der Waals surface area contributed by atoms with E-state index in [0.29, 0.717) is 6.07 Å². The predicted octanol–water partition coefficient (Wildman–Crippen LogP) is 4.53. The number of halogens is 6. The summed E-state index contributed by atoms with van der Waals surface area (Å²) in [7, 11) is 0. The number of amides is 1. The van der Waals surface area contributed by atoms with Gasteiger partial charge < -0.3 is 14.8 Å². The second kappa shape index (κ2) is 10.0. The number of nitrogens with zero attached hydrogens (tertiary/aromatic N) is 4. The SMILES string of the molecule is C[C@H](N/C(=C\C(=O)N1CCn2c(nnc2C(F)(F)F)C1)Cc1cc(F)c(F)cc1F)c1ccccc1. The van der Waals surface area contributed by atoms with E-state index >= 15 is 0 Å². The Balaban J connectivity index is 1.59. The Bertz CT molecular complexity index is 1290. The van der Waals surface area contributed by atoms with Crippen molar-refractivity contribution < 1.29 is 31.1 Å². The Morgan fingerprint density at radius 2 is 1.75 bits per heavy atom. The lowest BCUT2D eigenvalue weighted by Gasteiger charge is -2.28. The van der Waals surface area contributed by atoms with Crippen LogP contribution < -0.4 is 5.32 Å². The molecule has 3 aromatic rings. The second-order valence-electron chi connectivity index (χ2n) is 8.33. The topological polar surface area (TPSA) is 63.1 Å². The first-order valence-corrected chi connectivity index (χ1v) is 11.0. The zero-order valence-electron chi connectivity index (χ0n) is 19.0. The van der Waals surface area contributed by atoms with Crippen molar-refractivity contribution in [2.75, 3.05) is 6.54 Å². The van der Waals surface area contributed by atoms with E-state index in [2.05, 4.69) is 15.5 Å². The van der Waals surface area contributed by atoms with Crippen LogP contribution in [0.4, 0.5) is 26.3 Å². The first-order valence-electron chi connectivity index (χ1n) is 11.0. The minimum atomic E-state index is -4.67. The maximum Gasteiger partial charge on any atom is 0.451 e. The van der Waals surface area contributed by atoms with E-state index in [-0.39, 0.29) is 49.2 Å². The molecule has 0 aliphatic carbocycles. The van der Waals surface area contributed by atoms with Crippen LogP contribution in [0.2, 0.25) is 0 Å². The monoisotopic (exact) mass is 509 g/mol. The molecule has 4 rings (SSSR count). The minimum Gasteiger partial charge on any atom is -0.381 e. The normalized spacial score (nSPS) is 15.0. The van der Waals surface area contributed by atoms with Crippen molar-refractivity contribution in [1.82, 2.24) is 25.0 Å². The highest BCUT2D eigenvalue weighted by atomic mass is 19.4. The van der Waals surface area contributed by atoms with Gasteiger partial charge in [-0.15, -0.1) is 10.2 Å². The fourth-order valence-corrected chi connectivity index (χ4v) is 3.95. The summed E-state index contributed by atoms with van der Waals surface area (Å²) in [6.07, 6.45) is -3.75. The standard InChI is InChI=1S/C24H21F6N5O/c1-14(15-5-3-2-4-6-15)31-17(9-16-10-19(26)20(27)12-18(16)25)11-22(36)34-7-8-35-21(13-34)32-33-23(35)24(28,29)30/h2-6,10-12,14,31H,7-9,13H2,1H3/b17-11-/t14-/m0/s1. The van der Waals surface area contributed by atoms with Crippen molar-refractivity contribution in [3.05, 3.63) is 94.5 Å². The van der Waals surface area contributed by atoms with Crippen LogP contribution in [0, 0.1) is 17.5 Å². The van der Waals surface area contributed by atoms with E-state index in [1.54, 1.807) is 6.92 Å². The fourth-order valence-electron chi connectivity index (χ4n) is 3.95. The Morgan fingerprint density at radius 3 is 2.44 bits per heavy atom. The molecule has 2 heterocycles. The molecule has 1 N–H and O–H groups in total. The number of carbonyl (C=O) groups excluding carboxylic acids is 1. The van der Waals surface area contributed by atoms with Crippen LogP contribution in [0.3, 0.4) is 0 Å². The van der Waals surface area contributed by atoms with E-state index in [9.17, 15) is 31.1 Å². The number of fused-ring (bicyclic) bond motifs is 1. The molecule has 1 atom stereocenters. The number of alkyl halides is 3. The number of hydrogen-bond donors (Lipinski definition) is 1. The first-order chi connectivity index (χ1) is 17.0. The number of nitrogens with one attached hydrogen (secondary N) is 1. The maximum atomic E-state index is 14.3. The summed E-state index contributed by atoms with van der Waals surface area (Å²) in [5.41, 5.74) is 0.894. The molecular formula is C24H21F6N5O. The second-order valence-corrected chi connectivity index (χ2v) is 8.33. The molecule has 0 unspecified atom stereocenters. The van der Waals surface area contributed by atoms with Crippen molar-refractivity contribution in [2.24, 2.45) is 0 Å². The summed E-state index contributed by atoms with van der Waals surface area (Å²) in [4.78, 5) is 14.3. The Labute approximate surface area is 202 Å². The van der Waals surface area contributed by atoms with E-state index in [4.69, 9.17) is 0 Å². The average Bonchev–Trinajstić information content (AvgIpc) is 3.27. The van der Waals surface area contributed by atoms with Crippen molar-refractivity contribution >= 4 is 5.91 Å². The average molecular weight is 509 g/mol. The largest absolute Gasteiger partial charge is 0.451 e. The zero-order chi connectivity index (χ0) is 26.0. The Morgan fingerprint density at radius 1 is 1.06 bits per heavy atom. The molecule has 190 valence electrons. The van der Waals surface area contributed by atoms with Gasteiger partial charge in [0.05, 0.1) is 6.54 Å². The summed E-state index contributed by atoms with van der Waals surface area (Å²) in [6, 6.07) is 9.95. The van der Waals surface area contributed by atoms with Gasteiger partial charge in [0.1, 0.15) is 5.82 Å². The van der Waals surface area contributed by atoms with Crippen LogP contribution in [0.5, 0.6) is 0 Å². The van der Waals surface area contributed by atoms with Crippen molar-refractivity contribution in [3.8, 4) is 0 Å². The molecule has 0 fully saturated rings. The third kappa shape index (κ3) is 5.52. The third-order valence-electron chi connectivity index (χ3n) is 5.79.